The van der Waals surface area contributed by atoms with Gasteiger partial charge in [0.15, 0.2) is 0 Å². The van der Waals surface area contributed by atoms with Crippen LogP contribution in [-0.4, -0.2) is 184 Å². The second kappa shape index (κ2) is 48.6. The Kier molecular flexibility index (Phi) is 35.1. The summed E-state index contributed by atoms with van der Waals surface area (Å²) in [5.74, 6) is -4.81. The van der Waals surface area contributed by atoms with Gasteiger partial charge < -0.3 is 48.1 Å². The van der Waals surface area contributed by atoms with E-state index in [1.54, 1.807) is 109 Å². The van der Waals surface area contributed by atoms with E-state index in [0.29, 0.717) is 134 Å². The summed E-state index contributed by atoms with van der Waals surface area (Å²) < 4.78 is 116. The molecule has 29 nitrogen and oxygen atoms in total. The molecule has 0 bridgehead atoms. The Morgan fingerprint density at radius 3 is 0.905 bits per heavy atom. The number of amides is 8. The average Bonchev–Trinajstić information content (AvgIpc) is 1.62. The second-order valence-corrected chi connectivity index (χ2v) is 36.3. The van der Waals surface area contributed by atoms with Crippen LogP contribution >= 0.6 is 23.5 Å². The van der Waals surface area contributed by atoms with Crippen LogP contribution in [0.5, 0.6) is 0 Å². The molecule has 1 fully saturated rings. The van der Waals surface area contributed by atoms with Crippen LogP contribution < -0.4 is 43.4 Å². The number of halogens is 8. The Bertz CT molecular complexity index is 7900. The van der Waals surface area contributed by atoms with Crippen molar-refractivity contribution in [1.82, 2.24) is 93.1 Å². The Morgan fingerprint density at radius 1 is 0.347 bits per heavy atom. The van der Waals surface area contributed by atoms with Gasteiger partial charge in [-0.05, 0) is 248 Å². The van der Waals surface area contributed by atoms with Crippen molar-refractivity contribution in [3.63, 3.8) is 0 Å². The smallest absolute Gasteiger partial charge is 0.254 e. The van der Waals surface area contributed by atoms with Gasteiger partial charge in [0.2, 0.25) is 11.8 Å². The van der Waals surface area contributed by atoms with E-state index in [0.717, 1.165) is 78.5 Å². The number of nitrogens with two attached hydrogens (primary N) is 2. The number of hydrogen-bond acceptors (Lipinski definition) is 17. The monoisotopic (exact) mass is 2040 g/mol. The number of aryl methyl sites for hydroxylation is 4. The first-order valence-electron chi connectivity index (χ1n) is 46.4. The molecule has 1 aliphatic rings. The molecule has 39 heteroatoms. The number of aromatic amines is 6. The lowest BCUT2D eigenvalue weighted by atomic mass is 10.0. The third-order valence-corrected chi connectivity index (χ3v) is 25.0. The number of rotatable bonds is 28. The number of H-pyrrole nitrogens is 6. The standard InChI is InChI=1S/C19H20FN3O2.C19H18FN3O.C18H17FN4O2.C18H18FN3OS.C17H14F2N4O2.C17H15F2N3OS/c1-3-25-8-7-21-19(24)15-11-16-17(9-12(15)2)22-23-18(16)13-5-4-6-14(20)10-13;1-11-7-17-16(9-15(11)19(24)21-10-12-5-6-12)18(23-22-17)13-3-2-4-14(20)8-13;1-9-6-15-14(8-13(9)18(25)21-10(2)17(20)24)16(23-22-15)11-4-3-5-12(19)7-11;1-11-8-16-15(10-14(11)18(23)20-6-7-24-2)17(22-21-16)12-4-3-5-13(19)9-12;1-8(16(20)24)21-17(25)11-5-6-12-13(14(11)19)15(23-22-12)9-3-2-4-10(18)7-9;1-24-8-7-20-17(23)12-5-6-13-14(15(12)19)16(22-21-13)10-3-2-4-11(18)9-10/h4-6,9-11H,3,7-8H2,1-2H3,(H,21,24)(H,22,23);2-4,7-9,12H,5-6,10H2,1H3,(H,21,24)(H,22,23);3-8,10H,1-2H3,(H2,20,24)(H,21,25)(H,22,23);3-5,8-10H,6-7H2,1-2H3,(H,20,23)(H,21,22);2-8H,1H3,(H2,20,24)(H,21,25)(H,22,23);2-6,9H,7-8H2,1H3,(H,20,23)(H,21,22)/t;;10-;;8-;/m..0.0./s1. The maximum atomic E-state index is 14.9. The molecule has 147 heavy (non-hydrogen) atoms. The minimum atomic E-state index is -0.949. The lowest BCUT2D eigenvalue weighted by Crippen LogP contribution is -2.42. The predicted octanol–water partition coefficient (Wildman–Crippen LogP) is 19.0. The van der Waals surface area contributed by atoms with Crippen LogP contribution in [0.3, 0.4) is 0 Å². The number of ether oxygens (including phenoxy) is 1. The normalized spacial score (nSPS) is 11.9. The van der Waals surface area contributed by atoms with Gasteiger partial charge in [0.05, 0.1) is 61.6 Å². The minimum absolute atomic E-state index is 0.0531. The third-order valence-electron chi connectivity index (χ3n) is 23.7. The molecular weight excluding hydrogens is 1940 g/mol. The summed E-state index contributed by atoms with van der Waals surface area (Å²) in [5, 5.41) is 62.0. The molecule has 0 aliphatic heterocycles. The Morgan fingerprint density at radius 2 is 0.612 bits per heavy atom. The van der Waals surface area contributed by atoms with Gasteiger partial charge in [-0.15, -0.1) is 0 Å². The van der Waals surface area contributed by atoms with Crippen molar-refractivity contribution in [1.29, 1.82) is 0 Å². The van der Waals surface area contributed by atoms with Gasteiger partial charge in [-0.1, -0.05) is 72.8 Å². The molecule has 0 unspecified atom stereocenters. The van der Waals surface area contributed by atoms with E-state index in [2.05, 4.69) is 93.1 Å². The summed E-state index contributed by atoms with van der Waals surface area (Å²) >= 11 is 3.27. The lowest BCUT2D eigenvalue weighted by molar-refractivity contribution is -0.120. The second-order valence-electron chi connectivity index (χ2n) is 34.3. The topological polar surface area (TPSA) is 442 Å². The molecule has 1 saturated carbocycles. The number of carbonyl (C=O) groups excluding carboxylic acids is 8. The number of thioether (sulfide) groups is 2. The number of nitrogens with zero attached hydrogens (tertiary/aromatic N) is 6. The quantitative estimate of drug-likeness (QED) is 0.0160. The molecule has 0 saturated heterocycles. The van der Waals surface area contributed by atoms with Crippen molar-refractivity contribution in [2.45, 2.75) is 73.4 Å². The first-order chi connectivity index (χ1) is 70.7. The first kappa shape index (κ1) is 106. The largest absolute Gasteiger partial charge is 0.380 e. The molecule has 6 aromatic heterocycles. The number of fused-ring (bicyclic) bond motifs is 6. The number of carbonyl (C=O) groups is 8. The molecule has 1 aliphatic carbocycles. The summed E-state index contributed by atoms with van der Waals surface area (Å²) in [6.45, 7) is 15.6. The summed E-state index contributed by atoms with van der Waals surface area (Å²) in [5.41, 5.74) is 25.9. The van der Waals surface area contributed by atoms with Gasteiger partial charge in [-0.25, -0.2) is 35.1 Å². The van der Waals surface area contributed by atoms with Crippen LogP contribution in [0, 0.1) is 80.2 Å². The van der Waals surface area contributed by atoms with E-state index < -0.39 is 64.9 Å². The van der Waals surface area contributed by atoms with Gasteiger partial charge in [0.25, 0.3) is 35.4 Å². The Balaban J connectivity index is 0.000000139. The highest BCUT2D eigenvalue weighted by molar-refractivity contribution is 7.98. The SMILES string of the molecule is CCOCCNC(=O)c1cc2c(-c3cccc(F)c3)n[nH]c2cc1C.CSCCNC(=O)c1cc2c(-c3cccc(F)c3)n[nH]c2cc1C.CSCCNC(=O)c1ccc2[nH]nc(-c3cccc(F)c3)c2c1F.C[C@H](NC(=O)c1ccc2[nH]nc(-c3cccc(F)c3)c2c1F)C(N)=O.Cc1cc2[nH]nc(-c3cccc(F)c3)c2cc1C(=O)NCC1CC1.Cc1cc2[nH]nc(-c3cccc(F)c3)c2cc1C(=O)N[C@@H](C)C(N)=O. The highest BCUT2D eigenvalue weighted by atomic mass is 32.2. The first-order valence-corrected chi connectivity index (χ1v) is 49.2. The van der Waals surface area contributed by atoms with Crippen LogP contribution in [-0.2, 0) is 14.3 Å². The summed E-state index contributed by atoms with van der Waals surface area (Å²) in [7, 11) is 0. The number of primary amides is 2. The van der Waals surface area contributed by atoms with Crippen LogP contribution in [0.15, 0.2) is 218 Å². The lowest BCUT2D eigenvalue weighted by Gasteiger charge is -2.12. The van der Waals surface area contributed by atoms with Gasteiger partial charge in [0, 0.05) is 121 Å². The van der Waals surface area contributed by atoms with Gasteiger partial charge in [0.1, 0.15) is 92.8 Å². The van der Waals surface area contributed by atoms with E-state index in [9.17, 15) is 73.5 Å². The summed E-state index contributed by atoms with van der Waals surface area (Å²) in [4.78, 5) is 96.3. The fraction of sp³-hybridized carbons (Fsp3) is 0.204. The minimum Gasteiger partial charge on any atom is -0.380 e. The van der Waals surface area contributed by atoms with Crippen molar-refractivity contribution >= 4 is 136 Å². The van der Waals surface area contributed by atoms with Crippen molar-refractivity contribution < 1.29 is 78.2 Å². The average molecular weight is 2040 g/mol. The molecular formula is C108H102F8N20O9S2. The zero-order valence-corrected chi connectivity index (χ0v) is 82.6. The van der Waals surface area contributed by atoms with Crippen LogP contribution in [0.2, 0.25) is 0 Å². The third kappa shape index (κ3) is 26.1. The highest BCUT2D eigenvalue weighted by Crippen LogP contribution is 2.38. The zero-order valence-electron chi connectivity index (χ0n) is 80.9. The van der Waals surface area contributed by atoms with Crippen molar-refractivity contribution in [3.05, 3.63) is 321 Å². The maximum Gasteiger partial charge on any atom is 0.254 e. The van der Waals surface area contributed by atoms with Crippen molar-refractivity contribution in [2.75, 3.05) is 63.4 Å². The molecule has 16 N–H and O–H groups in total. The van der Waals surface area contributed by atoms with E-state index >= 15 is 0 Å². The van der Waals surface area contributed by atoms with Crippen molar-refractivity contribution in [3.8, 4) is 67.5 Å². The predicted molar refractivity (Wildman–Crippen MR) is 555 cm³/mol. The van der Waals surface area contributed by atoms with E-state index in [1.807, 2.05) is 76.6 Å². The molecule has 0 radical (unpaired) electrons. The Labute approximate surface area is 844 Å². The van der Waals surface area contributed by atoms with E-state index in [-0.39, 0.29) is 74.3 Å². The molecule has 12 aromatic carbocycles. The van der Waals surface area contributed by atoms with Crippen LogP contribution in [0.25, 0.3) is 133 Å². The summed E-state index contributed by atoms with van der Waals surface area (Å²) in [6.07, 6.45) is 6.32. The molecule has 6 heterocycles. The molecule has 2 atom stereocenters. The number of benzene rings is 12. The molecule has 756 valence electrons. The molecule has 19 rings (SSSR count). The number of aromatic nitrogens is 12. The molecule has 18 aromatic rings. The Hall–Kier alpha value is -16.7. The van der Waals surface area contributed by atoms with Gasteiger partial charge >= 0.3 is 0 Å². The highest BCUT2D eigenvalue weighted by Gasteiger charge is 2.28. The molecule has 8 amide bonds. The number of nitrogens with one attached hydrogen (secondary N) is 12. The van der Waals surface area contributed by atoms with Crippen LogP contribution in [0.4, 0.5) is 35.1 Å². The van der Waals surface area contributed by atoms with E-state index in [4.69, 9.17) is 16.2 Å². The zero-order chi connectivity index (χ0) is 105. The fourth-order valence-electron chi connectivity index (χ4n) is 15.8. The maximum absolute atomic E-state index is 14.9. The van der Waals surface area contributed by atoms with Gasteiger partial charge in [-0.3, -0.25) is 68.9 Å². The summed E-state index contributed by atoms with van der Waals surface area (Å²) in [6, 6.07) is 54.9. The van der Waals surface area contributed by atoms with Crippen molar-refractivity contribution in [2.24, 2.45) is 17.4 Å². The number of hydrogen-bond donors (Lipinski definition) is 14. The molecule has 0 spiro atoms. The fourth-order valence-corrected chi connectivity index (χ4v) is 16.4. The van der Waals surface area contributed by atoms with Gasteiger partial charge in [-0.2, -0.15) is 54.1 Å². The van der Waals surface area contributed by atoms with E-state index in [1.165, 1.54) is 130 Å². The van der Waals surface area contributed by atoms with Crippen LogP contribution in [0.1, 0.15) is 118 Å².